The first-order valence-corrected chi connectivity index (χ1v) is 12.0. The molecule has 3 unspecified atom stereocenters. The van der Waals surface area contributed by atoms with Gasteiger partial charge in [0.05, 0.1) is 13.2 Å². The third-order valence-corrected chi connectivity index (χ3v) is 6.66. The molecule has 0 radical (unpaired) electrons. The van der Waals surface area contributed by atoms with Gasteiger partial charge < -0.3 is 15.4 Å². The third-order valence-electron chi connectivity index (χ3n) is 4.92. The van der Waals surface area contributed by atoms with Crippen LogP contribution in [-0.2, 0) is 17.3 Å². The third kappa shape index (κ3) is 7.46. The Kier molecular flexibility index (Phi) is 9.82. The van der Waals surface area contributed by atoms with Crippen LogP contribution in [0.5, 0.6) is 5.75 Å². The Balaban J connectivity index is 2.01. The molecule has 3 atom stereocenters. The molecule has 28 heavy (non-hydrogen) atoms. The van der Waals surface area contributed by atoms with E-state index in [1.54, 1.807) is 0 Å². The summed E-state index contributed by atoms with van der Waals surface area (Å²) in [5.74, 6) is 2.98. The molecule has 0 aromatic heterocycles. The van der Waals surface area contributed by atoms with E-state index in [2.05, 4.69) is 37.5 Å². The smallest absolute Gasteiger partial charge is 0.191 e. The first kappa shape index (κ1) is 22.7. The van der Waals surface area contributed by atoms with Gasteiger partial charge in [-0.15, -0.1) is 0 Å². The number of rotatable bonds is 9. The van der Waals surface area contributed by atoms with E-state index >= 15 is 0 Å². The minimum absolute atomic E-state index is 0.310. The zero-order valence-electron chi connectivity index (χ0n) is 17.9. The number of aliphatic imine (C=N–C) groups is 1. The summed E-state index contributed by atoms with van der Waals surface area (Å²) < 4.78 is 18.2. The van der Waals surface area contributed by atoms with E-state index in [9.17, 15) is 4.21 Å². The van der Waals surface area contributed by atoms with Crippen molar-refractivity contribution in [2.24, 2.45) is 10.9 Å². The van der Waals surface area contributed by atoms with Crippen LogP contribution >= 0.6 is 0 Å². The van der Waals surface area contributed by atoms with Crippen molar-refractivity contribution in [3.63, 3.8) is 0 Å². The molecule has 0 aliphatic heterocycles. The lowest BCUT2D eigenvalue weighted by molar-refractivity contribution is 0.268. The summed E-state index contributed by atoms with van der Waals surface area (Å²) in [7, 11) is -0.712. The average Bonchev–Trinajstić information content (AvgIpc) is 2.70. The van der Waals surface area contributed by atoms with Crippen LogP contribution in [0.1, 0.15) is 58.9 Å². The van der Waals surface area contributed by atoms with Gasteiger partial charge in [0.1, 0.15) is 5.75 Å². The van der Waals surface area contributed by atoms with Gasteiger partial charge in [-0.25, -0.2) is 4.99 Å². The molecule has 2 rings (SSSR count). The molecule has 1 fully saturated rings. The van der Waals surface area contributed by atoms with Crippen LogP contribution < -0.4 is 15.4 Å². The van der Waals surface area contributed by atoms with Crippen LogP contribution in [0.25, 0.3) is 0 Å². The predicted octanol–water partition coefficient (Wildman–Crippen LogP) is 3.86. The average molecular weight is 408 g/mol. The number of ether oxygens (including phenoxy) is 1. The van der Waals surface area contributed by atoms with Crippen LogP contribution in [0.2, 0.25) is 0 Å². The maximum atomic E-state index is 12.2. The molecule has 158 valence electrons. The fourth-order valence-corrected chi connectivity index (χ4v) is 4.81. The molecule has 1 aromatic rings. The molecule has 0 spiro atoms. The van der Waals surface area contributed by atoms with Crippen LogP contribution in [0.3, 0.4) is 0 Å². The lowest BCUT2D eigenvalue weighted by Gasteiger charge is -2.30. The molecule has 0 amide bonds. The number of nitrogens with one attached hydrogen (secondary N) is 2. The van der Waals surface area contributed by atoms with Gasteiger partial charge in [0.15, 0.2) is 5.96 Å². The maximum absolute atomic E-state index is 12.2. The van der Waals surface area contributed by atoms with Gasteiger partial charge in [-0.1, -0.05) is 45.4 Å². The van der Waals surface area contributed by atoms with E-state index in [1.165, 1.54) is 0 Å². The van der Waals surface area contributed by atoms with E-state index in [4.69, 9.17) is 9.73 Å². The van der Waals surface area contributed by atoms with Crippen molar-refractivity contribution in [1.82, 2.24) is 10.6 Å². The minimum Gasteiger partial charge on any atom is -0.493 e. The Bertz CT molecular complexity index is 648. The quantitative estimate of drug-likeness (QED) is 0.482. The van der Waals surface area contributed by atoms with Crippen molar-refractivity contribution in [2.75, 3.05) is 18.9 Å². The summed E-state index contributed by atoms with van der Waals surface area (Å²) in [6.07, 6.45) is 4.26. The number of nitrogens with zero attached hydrogens (tertiary/aromatic N) is 1. The largest absolute Gasteiger partial charge is 0.493 e. The highest BCUT2D eigenvalue weighted by Gasteiger charge is 2.26. The van der Waals surface area contributed by atoms with E-state index in [0.29, 0.717) is 30.4 Å². The number of guanidine groups is 1. The van der Waals surface area contributed by atoms with Crippen LogP contribution in [-0.4, -0.2) is 40.4 Å². The molecule has 1 aromatic carbocycles. The normalized spacial score (nSPS) is 21.4. The molecule has 0 saturated heterocycles. The van der Waals surface area contributed by atoms with Crippen molar-refractivity contribution >= 4 is 16.8 Å². The Hall–Kier alpha value is -1.56. The molecule has 1 aliphatic carbocycles. The van der Waals surface area contributed by atoms with Crippen molar-refractivity contribution < 1.29 is 8.95 Å². The van der Waals surface area contributed by atoms with E-state index in [-0.39, 0.29) is 0 Å². The number of hydrogen-bond donors (Lipinski definition) is 2. The summed E-state index contributed by atoms with van der Waals surface area (Å²) in [4.78, 5) is 4.79. The zero-order valence-corrected chi connectivity index (χ0v) is 18.7. The van der Waals surface area contributed by atoms with Gasteiger partial charge in [0.25, 0.3) is 0 Å². The monoisotopic (exact) mass is 407 g/mol. The Morgan fingerprint density at radius 1 is 1.29 bits per heavy atom. The molecule has 0 heterocycles. The summed E-state index contributed by atoms with van der Waals surface area (Å²) in [6, 6.07) is 8.45. The molecule has 2 N–H and O–H groups in total. The Morgan fingerprint density at radius 2 is 2.07 bits per heavy atom. The molecule has 1 saturated carbocycles. The van der Waals surface area contributed by atoms with Gasteiger partial charge in [0, 0.05) is 40.0 Å². The van der Waals surface area contributed by atoms with Gasteiger partial charge in [-0.05, 0) is 38.2 Å². The SMILES string of the molecule is CCNC(=NCc1ccccc1OCC(C)C)NC1CCCC(S(=O)CC)C1. The fourth-order valence-electron chi connectivity index (χ4n) is 3.46. The summed E-state index contributed by atoms with van der Waals surface area (Å²) in [5, 5.41) is 7.23. The second-order valence-corrected chi connectivity index (χ2v) is 9.81. The standard InChI is InChI=1S/C22H37N3O2S/c1-5-23-22(25-19-11-9-12-20(14-19)28(26)6-2)24-15-18-10-7-8-13-21(18)27-16-17(3)4/h7-8,10,13,17,19-20H,5-6,9,11-12,14-16H2,1-4H3,(H2,23,24,25). The van der Waals surface area contributed by atoms with Crippen molar-refractivity contribution in [2.45, 2.75) is 71.2 Å². The molecular formula is C22H37N3O2S. The number of para-hydroxylation sites is 1. The summed E-state index contributed by atoms with van der Waals surface area (Å²) >= 11 is 0. The van der Waals surface area contributed by atoms with Gasteiger partial charge in [-0.3, -0.25) is 4.21 Å². The minimum atomic E-state index is -0.712. The molecule has 0 bridgehead atoms. The highest BCUT2D eigenvalue weighted by atomic mass is 32.2. The molecule has 6 heteroatoms. The fraction of sp³-hybridized carbons (Fsp3) is 0.682. The van der Waals surface area contributed by atoms with Crippen molar-refractivity contribution in [3.8, 4) is 5.75 Å². The maximum Gasteiger partial charge on any atom is 0.191 e. The lowest BCUT2D eigenvalue weighted by Crippen LogP contribution is -2.46. The first-order valence-electron chi connectivity index (χ1n) is 10.7. The number of benzene rings is 1. The second-order valence-electron chi connectivity index (χ2n) is 7.81. The summed E-state index contributed by atoms with van der Waals surface area (Å²) in [5.41, 5.74) is 1.09. The summed E-state index contributed by atoms with van der Waals surface area (Å²) in [6.45, 7) is 10.5. The van der Waals surface area contributed by atoms with Gasteiger partial charge in [0.2, 0.25) is 0 Å². The predicted molar refractivity (Wildman–Crippen MR) is 119 cm³/mol. The van der Waals surface area contributed by atoms with Crippen molar-refractivity contribution in [3.05, 3.63) is 29.8 Å². The van der Waals surface area contributed by atoms with Crippen LogP contribution in [0.4, 0.5) is 0 Å². The highest BCUT2D eigenvalue weighted by molar-refractivity contribution is 7.85. The lowest BCUT2D eigenvalue weighted by atomic mass is 9.95. The Labute approximate surface area is 173 Å². The molecule has 1 aliphatic rings. The van der Waals surface area contributed by atoms with Crippen LogP contribution in [0, 0.1) is 5.92 Å². The van der Waals surface area contributed by atoms with E-state index in [0.717, 1.165) is 55.3 Å². The number of hydrogen-bond acceptors (Lipinski definition) is 3. The molecule has 5 nitrogen and oxygen atoms in total. The van der Waals surface area contributed by atoms with Gasteiger partial charge >= 0.3 is 0 Å². The van der Waals surface area contributed by atoms with Gasteiger partial charge in [-0.2, -0.15) is 0 Å². The zero-order chi connectivity index (χ0) is 20.4. The highest BCUT2D eigenvalue weighted by Crippen LogP contribution is 2.23. The van der Waals surface area contributed by atoms with Crippen molar-refractivity contribution in [1.29, 1.82) is 0 Å². The molecular weight excluding hydrogens is 370 g/mol. The van der Waals surface area contributed by atoms with E-state index in [1.807, 2.05) is 25.1 Å². The Morgan fingerprint density at radius 3 is 2.79 bits per heavy atom. The topological polar surface area (TPSA) is 62.7 Å². The van der Waals surface area contributed by atoms with E-state index < -0.39 is 10.8 Å². The van der Waals surface area contributed by atoms with Crippen LogP contribution in [0.15, 0.2) is 29.3 Å². The first-order chi connectivity index (χ1) is 13.5. The second kappa shape index (κ2) is 12.1.